The molecule has 0 saturated carbocycles. The van der Waals surface area contributed by atoms with Gasteiger partial charge in [0.1, 0.15) is 6.10 Å². The summed E-state index contributed by atoms with van der Waals surface area (Å²) < 4.78 is 5.71. The van der Waals surface area contributed by atoms with Crippen LogP contribution in [0.3, 0.4) is 0 Å². The molecule has 0 spiro atoms. The molecule has 5 nitrogen and oxygen atoms in total. The summed E-state index contributed by atoms with van der Waals surface area (Å²) in [5.41, 5.74) is 5.66. The van der Waals surface area contributed by atoms with E-state index < -0.39 is 0 Å². The van der Waals surface area contributed by atoms with Crippen molar-refractivity contribution in [3.63, 3.8) is 0 Å². The molecule has 2 N–H and O–H groups in total. The molecule has 1 saturated heterocycles. The van der Waals surface area contributed by atoms with Crippen molar-refractivity contribution in [3.05, 3.63) is 12.4 Å². The zero-order valence-electron chi connectivity index (χ0n) is 8.89. The summed E-state index contributed by atoms with van der Waals surface area (Å²) in [4.78, 5) is 10.3. The monoisotopic (exact) mass is 208 g/mol. The van der Waals surface area contributed by atoms with Gasteiger partial charge in [-0.25, -0.2) is 9.97 Å². The van der Waals surface area contributed by atoms with Gasteiger partial charge in [-0.3, -0.25) is 0 Å². The molecular weight excluding hydrogens is 192 g/mol. The molecule has 0 unspecified atom stereocenters. The summed E-state index contributed by atoms with van der Waals surface area (Å²) in [6.45, 7) is 2.12. The van der Waals surface area contributed by atoms with Gasteiger partial charge < -0.3 is 15.4 Å². The van der Waals surface area contributed by atoms with Gasteiger partial charge in [-0.15, -0.1) is 0 Å². The van der Waals surface area contributed by atoms with Crippen LogP contribution in [0.15, 0.2) is 12.4 Å². The highest BCUT2D eigenvalue weighted by molar-refractivity contribution is 5.38. The van der Waals surface area contributed by atoms with Gasteiger partial charge in [-0.05, 0) is 19.9 Å². The average Bonchev–Trinajstić information content (AvgIpc) is 2.25. The van der Waals surface area contributed by atoms with Gasteiger partial charge >= 0.3 is 0 Å². The normalized spacial score (nSPS) is 19.0. The lowest BCUT2D eigenvalue weighted by Crippen LogP contribution is -2.35. The predicted molar refractivity (Wildman–Crippen MR) is 57.6 cm³/mol. The molecule has 1 aromatic heterocycles. The number of nitrogen functional groups attached to an aromatic ring is 1. The number of nitrogens with two attached hydrogens (primary N) is 1. The van der Waals surface area contributed by atoms with E-state index in [2.05, 4.69) is 21.9 Å². The molecule has 2 heterocycles. The van der Waals surface area contributed by atoms with Crippen molar-refractivity contribution in [1.29, 1.82) is 0 Å². The highest BCUT2D eigenvalue weighted by Gasteiger charge is 2.19. The molecule has 1 aliphatic heterocycles. The number of nitrogens with zero attached hydrogens (tertiary/aromatic N) is 3. The lowest BCUT2D eigenvalue weighted by molar-refractivity contribution is 0.110. The molecule has 82 valence electrons. The molecule has 2 rings (SSSR count). The van der Waals surface area contributed by atoms with Crippen molar-refractivity contribution in [2.45, 2.75) is 18.9 Å². The van der Waals surface area contributed by atoms with Crippen LogP contribution in [0, 0.1) is 0 Å². The number of piperidine rings is 1. The first-order chi connectivity index (χ1) is 7.25. The summed E-state index contributed by atoms with van der Waals surface area (Å²) in [5, 5.41) is 0. The van der Waals surface area contributed by atoms with E-state index in [0.29, 0.717) is 11.7 Å². The number of aromatic nitrogens is 2. The fourth-order valence-electron chi connectivity index (χ4n) is 1.69. The molecule has 0 bridgehead atoms. The quantitative estimate of drug-likeness (QED) is 0.768. The van der Waals surface area contributed by atoms with E-state index in [9.17, 15) is 0 Å². The number of likely N-dealkylation sites (tertiary alicyclic amines) is 1. The summed E-state index contributed by atoms with van der Waals surface area (Å²) in [6.07, 6.45) is 5.43. The molecule has 0 radical (unpaired) electrons. The Morgan fingerprint density at radius 1 is 1.33 bits per heavy atom. The van der Waals surface area contributed by atoms with Gasteiger partial charge in [0.2, 0.25) is 0 Å². The van der Waals surface area contributed by atoms with Crippen molar-refractivity contribution >= 4 is 5.82 Å². The summed E-state index contributed by atoms with van der Waals surface area (Å²) in [6, 6.07) is 0. The standard InChI is InChI=1S/C10H16N4O/c1-14-6-2-8(3-7-14)15-10-9(11)12-4-5-13-10/h4-5,8H,2-3,6-7H2,1H3,(H2,11,12). The Hall–Kier alpha value is -1.36. The van der Waals surface area contributed by atoms with Crippen LogP contribution >= 0.6 is 0 Å². The first-order valence-electron chi connectivity index (χ1n) is 5.17. The minimum absolute atomic E-state index is 0.222. The number of ether oxygens (including phenoxy) is 1. The molecular formula is C10H16N4O. The summed E-state index contributed by atoms with van der Waals surface area (Å²) >= 11 is 0. The maximum atomic E-state index is 5.71. The maximum Gasteiger partial charge on any atom is 0.257 e. The lowest BCUT2D eigenvalue weighted by Gasteiger charge is -2.28. The van der Waals surface area contributed by atoms with Crippen LogP contribution in [0.25, 0.3) is 0 Å². The van der Waals surface area contributed by atoms with Crippen LogP contribution in [-0.4, -0.2) is 41.1 Å². The second kappa shape index (κ2) is 4.44. The van der Waals surface area contributed by atoms with E-state index in [1.807, 2.05) is 0 Å². The highest BCUT2D eigenvalue weighted by atomic mass is 16.5. The molecule has 0 aliphatic carbocycles. The molecule has 5 heteroatoms. The molecule has 0 amide bonds. The van der Waals surface area contributed by atoms with Gasteiger partial charge in [-0.1, -0.05) is 0 Å². The van der Waals surface area contributed by atoms with Gasteiger partial charge in [0.25, 0.3) is 5.88 Å². The van der Waals surface area contributed by atoms with E-state index in [-0.39, 0.29) is 6.10 Å². The van der Waals surface area contributed by atoms with E-state index in [0.717, 1.165) is 25.9 Å². The third-order valence-electron chi connectivity index (χ3n) is 2.64. The maximum absolute atomic E-state index is 5.71. The Morgan fingerprint density at radius 2 is 2.00 bits per heavy atom. The summed E-state index contributed by atoms with van der Waals surface area (Å²) in [5.74, 6) is 0.837. The second-order valence-electron chi connectivity index (χ2n) is 3.87. The zero-order chi connectivity index (χ0) is 10.7. The van der Waals surface area contributed by atoms with Crippen LogP contribution in [0.5, 0.6) is 5.88 Å². The largest absolute Gasteiger partial charge is 0.472 e. The van der Waals surface area contributed by atoms with Crippen LogP contribution < -0.4 is 10.5 Å². The van der Waals surface area contributed by atoms with Crippen molar-refractivity contribution in [3.8, 4) is 5.88 Å². The molecule has 0 atom stereocenters. The number of hydrogen-bond donors (Lipinski definition) is 1. The van der Waals surface area contributed by atoms with Gasteiger partial charge in [-0.2, -0.15) is 0 Å². The third kappa shape index (κ3) is 2.56. The van der Waals surface area contributed by atoms with E-state index in [1.54, 1.807) is 12.4 Å². The van der Waals surface area contributed by atoms with E-state index in [4.69, 9.17) is 10.5 Å². The average molecular weight is 208 g/mol. The first-order valence-corrected chi connectivity index (χ1v) is 5.17. The Kier molecular flexibility index (Phi) is 3.01. The molecule has 0 aromatic carbocycles. The lowest BCUT2D eigenvalue weighted by atomic mass is 10.1. The highest BCUT2D eigenvalue weighted by Crippen LogP contribution is 2.19. The van der Waals surface area contributed by atoms with Crippen molar-refractivity contribution in [2.75, 3.05) is 25.9 Å². The molecule has 1 aromatic rings. The zero-order valence-corrected chi connectivity index (χ0v) is 8.89. The Balaban J connectivity index is 1.95. The first kappa shape index (κ1) is 10.2. The van der Waals surface area contributed by atoms with Gasteiger partial charge in [0.15, 0.2) is 5.82 Å². The second-order valence-corrected chi connectivity index (χ2v) is 3.87. The third-order valence-corrected chi connectivity index (χ3v) is 2.64. The smallest absolute Gasteiger partial charge is 0.257 e. The SMILES string of the molecule is CN1CCC(Oc2nccnc2N)CC1. The number of rotatable bonds is 2. The van der Waals surface area contributed by atoms with Gasteiger partial charge in [0.05, 0.1) is 0 Å². The van der Waals surface area contributed by atoms with Crippen molar-refractivity contribution in [1.82, 2.24) is 14.9 Å². The van der Waals surface area contributed by atoms with E-state index in [1.165, 1.54) is 0 Å². The fourth-order valence-corrected chi connectivity index (χ4v) is 1.69. The number of hydrogen-bond acceptors (Lipinski definition) is 5. The van der Waals surface area contributed by atoms with Crippen LogP contribution in [0.4, 0.5) is 5.82 Å². The topological polar surface area (TPSA) is 64.3 Å². The van der Waals surface area contributed by atoms with Crippen LogP contribution in [0.2, 0.25) is 0 Å². The molecule has 15 heavy (non-hydrogen) atoms. The number of anilines is 1. The predicted octanol–water partition coefficient (Wildman–Crippen LogP) is 0.532. The minimum atomic E-state index is 0.222. The molecule has 1 aliphatic rings. The van der Waals surface area contributed by atoms with E-state index >= 15 is 0 Å². The Morgan fingerprint density at radius 3 is 2.67 bits per heavy atom. The Bertz CT molecular complexity index is 323. The fraction of sp³-hybridized carbons (Fsp3) is 0.600. The van der Waals surface area contributed by atoms with Crippen LogP contribution in [-0.2, 0) is 0 Å². The summed E-state index contributed by atoms with van der Waals surface area (Å²) in [7, 11) is 2.12. The minimum Gasteiger partial charge on any atom is -0.472 e. The van der Waals surface area contributed by atoms with Crippen LogP contribution in [0.1, 0.15) is 12.8 Å². The molecule has 1 fully saturated rings. The van der Waals surface area contributed by atoms with Crippen molar-refractivity contribution < 1.29 is 4.74 Å². The van der Waals surface area contributed by atoms with Gasteiger partial charge in [0, 0.05) is 25.5 Å². The van der Waals surface area contributed by atoms with Crippen molar-refractivity contribution in [2.24, 2.45) is 0 Å². The Labute approximate surface area is 89.3 Å².